The van der Waals surface area contributed by atoms with Gasteiger partial charge in [-0.15, -0.1) is 0 Å². The largest absolute Gasteiger partial charge is 0.367 e. The van der Waals surface area contributed by atoms with Crippen LogP contribution in [-0.4, -0.2) is 5.16 Å². The molecule has 0 amide bonds. The maximum absolute atomic E-state index is 13.7. The average Bonchev–Trinajstić information content (AvgIpc) is 2.84. The standard InChI is InChI=1S/C15H9BrClFN2O/c16-10-6-2-1-4-8(10)12-14(20-21-15(12)19)9-5-3-7-11(18)13(9)17/h1-7H,19H2. The van der Waals surface area contributed by atoms with Crippen molar-refractivity contribution in [3.8, 4) is 22.4 Å². The van der Waals surface area contributed by atoms with Crippen LogP contribution in [0, 0.1) is 5.82 Å². The molecule has 0 fully saturated rings. The fourth-order valence-electron chi connectivity index (χ4n) is 2.10. The molecule has 3 aromatic rings. The molecule has 3 nitrogen and oxygen atoms in total. The van der Waals surface area contributed by atoms with Crippen LogP contribution in [0.1, 0.15) is 0 Å². The van der Waals surface area contributed by atoms with Gasteiger partial charge in [0.15, 0.2) is 0 Å². The van der Waals surface area contributed by atoms with Crippen LogP contribution in [0.5, 0.6) is 0 Å². The molecule has 0 aliphatic heterocycles. The molecule has 2 aromatic carbocycles. The first kappa shape index (κ1) is 14.1. The summed E-state index contributed by atoms with van der Waals surface area (Å²) >= 11 is 9.49. The van der Waals surface area contributed by atoms with Crippen LogP contribution < -0.4 is 5.73 Å². The second-order valence-corrected chi connectivity index (χ2v) is 5.58. The Hall–Kier alpha value is -1.85. The molecular weight excluding hydrogens is 359 g/mol. The van der Waals surface area contributed by atoms with Gasteiger partial charge in [0.2, 0.25) is 5.88 Å². The molecule has 0 aliphatic carbocycles. The Balaban J connectivity index is 2.28. The van der Waals surface area contributed by atoms with Crippen LogP contribution in [0.3, 0.4) is 0 Å². The summed E-state index contributed by atoms with van der Waals surface area (Å²) in [5.74, 6) is -0.369. The molecule has 106 valence electrons. The summed E-state index contributed by atoms with van der Waals surface area (Å²) in [7, 11) is 0. The van der Waals surface area contributed by atoms with Crippen molar-refractivity contribution in [3.05, 3.63) is 57.8 Å². The first-order chi connectivity index (χ1) is 10.1. The fraction of sp³-hybridized carbons (Fsp3) is 0. The van der Waals surface area contributed by atoms with Crippen molar-refractivity contribution in [1.82, 2.24) is 5.16 Å². The molecule has 0 saturated heterocycles. The third-order valence-corrected chi connectivity index (χ3v) is 4.14. The van der Waals surface area contributed by atoms with Crippen molar-refractivity contribution < 1.29 is 8.91 Å². The third-order valence-electron chi connectivity index (χ3n) is 3.07. The molecule has 6 heteroatoms. The van der Waals surface area contributed by atoms with E-state index in [-0.39, 0.29) is 10.9 Å². The second-order valence-electron chi connectivity index (χ2n) is 4.35. The highest BCUT2D eigenvalue weighted by Crippen LogP contribution is 2.41. The minimum Gasteiger partial charge on any atom is -0.367 e. The lowest BCUT2D eigenvalue weighted by Gasteiger charge is -2.07. The lowest BCUT2D eigenvalue weighted by molar-refractivity contribution is 0.439. The molecule has 1 aromatic heterocycles. The molecule has 21 heavy (non-hydrogen) atoms. The number of halogens is 3. The van der Waals surface area contributed by atoms with Gasteiger partial charge in [-0.2, -0.15) is 0 Å². The van der Waals surface area contributed by atoms with Gasteiger partial charge in [-0.3, -0.25) is 0 Å². The van der Waals surface area contributed by atoms with Crippen LogP contribution in [0.25, 0.3) is 22.4 Å². The van der Waals surface area contributed by atoms with E-state index in [0.717, 1.165) is 10.0 Å². The summed E-state index contributed by atoms with van der Waals surface area (Å²) in [5.41, 5.74) is 8.10. The first-order valence-corrected chi connectivity index (χ1v) is 7.21. The number of benzene rings is 2. The normalized spacial score (nSPS) is 10.8. The van der Waals surface area contributed by atoms with Crippen molar-refractivity contribution in [1.29, 1.82) is 0 Å². The van der Waals surface area contributed by atoms with Crippen molar-refractivity contribution >= 4 is 33.4 Å². The van der Waals surface area contributed by atoms with Crippen LogP contribution in [0.2, 0.25) is 5.02 Å². The van der Waals surface area contributed by atoms with E-state index in [4.69, 9.17) is 21.9 Å². The Kier molecular flexibility index (Phi) is 3.69. The molecule has 0 spiro atoms. The van der Waals surface area contributed by atoms with E-state index in [0.29, 0.717) is 16.8 Å². The number of aromatic nitrogens is 1. The minimum atomic E-state index is -0.520. The number of nitrogens with two attached hydrogens (primary N) is 1. The maximum Gasteiger partial charge on any atom is 0.230 e. The summed E-state index contributed by atoms with van der Waals surface area (Å²) in [6.07, 6.45) is 0. The minimum absolute atomic E-state index is 0.0147. The first-order valence-electron chi connectivity index (χ1n) is 6.04. The topological polar surface area (TPSA) is 52.0 Å². The highest BCUT2D eigenvalue weighted by atomic mass is 79.9. The van der Waals surface area contributed by atoms with Crippen molar-refractivity contribution in [3.63, 3.8) is 0 Å². The van der Waals surface area contributed by atoms with Gasteiger partial charge in [0, 0.05) is 15.6 Å². The SMILES string of the molecule is Nc1onc(-c2cccc(F)c2Cl)c1-c1ccccc1Br. The fourth-order valence-corrected chi connectivity index (χ4v) is 2.80. The van der Waals surface area contributed by atoms with Gasteiger partial charge >= 0.3 is 0 Å². The van der Waals surface area contributed by atoms with E-state index in [1.807, 2.05) is 24.3 Å². The van der Waals surface area contributed by atoms with Gasteiger partial charge in [-0.25, -0.2) is 4.39 Å². The summed E-state index contributed by atoms with van der Waals surface area (Å²) in [4.78, 5) is 0. The monoisotopic (exact) mass is 366 g/mol. The predicted octanol–water partition coefficient (Wildman–Crippen LogP) is 5.15. The number of anilines is 1. The summed E-state index contributed by atoms with van der Waals surface area (Å²) in [5, 5.41) is 3.92. The van der Waals surface area contributed by atoms with Crippen LogP contribution in [0.15, 0.2) is 51.5 Å². The Morgan fingerprint density at radius 1 is 1.10 bits per heavy atom. The summed E-state index contributed by atoms with van der Waals surface area (Å²) in [6.45, 7) is 0. The van der Waals surface area contributed by atoms with Crippen molar-refractivity contribution in [2.75, 3.05) is 5.73 Å². The Bertz CT molecular complexity index is 819. The van der Waals surface area contributed by atoms with Gasteiger partial charge in [0.25, 0.3) is 0 Å². The summed E-state index contributed by atoms with van der Waals surface area (Å²) < 4.78 is 19.6. The molecule has 0 aliphatic rings. The highest BCUT2D eigenvalue weighted by molar-refractivity contribution is 9.10. The Labute approximate surface area is 133 Å². The van der Waals surface area contributed by atoms with Crippen LogP contribution in [-0.2, 0) is 0 Å². The number of nitrogens with zero attached hydrogens (tertiary/aromatic N) is 1. The highest BCUT2D eigenvalue weighted by Gasteiger charge is 2.21. The molecule has 3 rings (SSSR count). The van der Waals surface area contributed by atoms with E-state index in [9.17, 15) is 4.39 Å². The van der Waals surface area contributed by atoms with E-state index >= 15 is 0 Å². The molecular formula is C15H9BrClFN2O. The molecule has 0 radical (unpaired) electrons. The number of hydrogen-bond acceptors (Lipinski definition) is 3. The van der Waals surface area contributed by atoms with Crippen molar-refractivity contribution in [2.24, 2.45) is 0 Å². The lowest BCUT2D eigenvalue weighted by atomic mass is 10.0. The van der Waals surface area contributed by atoms with E-state index in [1.54, 1.807) is 12.1 Å². The zero-order chi connectivity index (χ0) is 15.0. The van der Waals surface area contributed by atoms with Gasteiger partial charge < -0.3 is 10.3 Å². The molecule has 0 atom stereocenters. The zero-order valence-corrected chi connectivity index (χ0v) is 13.0. The zero-order valence-electron chi connectivity index (χ0n) is 10.6. The van der Waals surface area contributed by atoms with E-state index in [2.05, 4.69) is 21.1 Å². The quantitative estimate of drug-likeness (QED) is 0.682. The van der Waals surface area contributed by atoms with Gasteiger partial charge in [0.1, 0.15) is 11.5 Å². The molecule has 1 heterocycles. The third kappa shape index (κ3) is 2.43. The predicted molar refractivity (Wildman–Crippen MR) is 84.5 cm³/mol. The maximum atomic E-state index is 13.7. The Morgan fingerprint density at radius 3 is 2.57 bits per heavy atom. The van der Waals surface area contributed by atoms with Gasteiger partial charge in [-0.1, -0.05) is 63.0 Å². The number of rotatable bonds is 2. The molecule has 0 unspecified atom stereocenters. The van der Waals surface area contributed by atoms with Crippen LogP contribution >= 0.6 is 27.5 Å². The van der Waals surface area contributed by atoms with E-state index in [1.165, 1.54) is 6.07 Å². The van der Waals surface area contributed by atoms with E-state index < -0.39 is 5.82 Å². The lowest BCUT2D eigenvalue weighted by Crippen LogP contribution is -1.90. The van der Waals surface area contributed by atoms with Gasteiger partial charge in [0.05, 0.1) is 10.6 Å². The van der Waals surface area contributed by atoms with Crippen molar-refractivity contribution in [2.45, 2.75) is 0 Å². The Morgan fingerprint density at radius 2 is 1.81 bits per heavy atom. The smallest absolute Gasteiger partial charge is 0.230 e. The average molecular weight is 368 g/mol. The second kappa shape index (κ2) is 5.50. The van der Waals surface area contributed by atoms with Gasteiger partial charge in [-0.05, 0) is 12.1 Å². The van der Waals surface area contributed by atoms with Crippen LogP contribution in [0.4, 0.5) is 10.3 Å². The summed E-state index contributed by atoms with van der Waals surface area (Å²) in [6, 6.07) is 12.0. The molecule has 0 bridgehead atoms. The number of hydrogen-bond donors (Lipinski definition) is 1. The molecule has 2 N–H and O–H groups in total. The molecule has 0 saturated carbocycles. The number of nitrogen functional groups attached to an aromatic ring is 1.